The predicted molar refractivity (Wildman–Crippen MR) is 168 cm³/mol. The van der Waals surface area contributed by atoms with E-state index in [0.29, 0.717) is 24.2 Å². The minimum atomic E-state index is -3.55. The van der Waals surface area contributed by atoms with Crippen LogP contribution in [0.1, 0.15) is 97.2 Å². The van der Waals surface area contributed by atoms with Gasteiger partial charge in [0.05, 0.1) is 21.7 Å². The number of pyridine rings is 1. The van der Waals surface area contributed by atoms with Crippen LogP contribution in [0, 0.1) is 17.0 Å². The molecule has 2 fully saturated rings. The number of hydrogen-bond donors (Lipinski definition) is 1. The number of hydrogen-bond acceptors (Lipinski definition) is 5. The van der Waals surface area contributed by atoms with Crippen molar-refractivity contribution in [3.8, 4) is 0 Å². The number of carbonyl (C=O) groups is 2. The van der Waals surface area contributed by atoms with Crippen molar-refractivity contribution in [3.63, 3.8) is 0 Å². The summed E-state index contributed by atoms with van der Waals surface area (Å²) in [6.07, 6.45) is 9.20. The van der Waals surface area contributed by atoms with Gasteiger partial charge in [-0.15, -0.1) is 0 Å². The highest BCUT2D eigenvalue weighted by atomic mass is 35.5. The number of aromatic nitrogens is 1. The number of rotatable bonds is 9. The molecule has 230 valence electrons. The normalized spacial score (nSPS) is 20.3. The number of halogens is 1. The minimum Gasteiger partial charge on any atom is -0.313 e. The van der Waals surface area contributed by atoms with Gasteiger partial charge >= 0.3 is 7.59 Å². The number of nitrogens with one attached hydrogen (secondary N) is 1. The van der Waals surface area contributed by atoms with Crippen LogP contribution in [-0.2, 0) is 4.57 Å². The first-order valence-corrected chi connectivity index (χ1v) is 17.2. The van der Waals surface area contributed by atoms with Crippen molar-refractivity contribution in [1.29, 1.82) is 0 Å². The van der Waals surface area contributed by atoms with Crippen molar-refractivity contribution in [2.45, 2.75) is 84.2 Å². The van der Waals surface area contributed by atoms with Gasteiger partial charge in [-0.05, 0) is 75.3 Å². The third kappa shape index (κ3) is 5.78. The summed E-state index contributed by atoms with van der Waals surface area (Å²) in [4.78, 5) is 39.1. The number of benzene rings is 1. The quantitative estimate of drug-likeness (QED) is 0.114. The largest absolute Gasteiger partial charge is 0.313 e. The number of carbonyl (C=O) groups excluding carboxylic acids is 2. The van der Waals surface area contributed by atoms with E-state index in [4.69, 9.17) is 11.6 Å². The van der Waals surface area contributed by atoms with Gasteiger partial charge in [0, 0.05) is 43.0 Å². The van der Waals surface area contributed by atoms with Crippen LogP contribution in [0.3, 0.4) is 0 Å². The SMILES string of the molecule is CC[C@H]1CCCCN1P(=O)(NC(=O)c1c(C)c(C(=O)c2ccc(Cl)c([N+](=O)[O-])c2)n2ccccc12)N1CCCC[C@@H]1CC. The molecule has 0 radical (unpaired) electrons. The Morgan fingerprint density at radius 1 is 1.02 bits per heavy atom. The number of piperidine rings is 2. The number of ketones is 1. The van der Waals surface area contributed by atoms with Crippen molar-refractivity contribution in [3.05, 3.63) is 80.1 Å². The lowest BCUT2D eigenvalue weighted by molar-refractivity contribution is -0.384. The molecule has 2 aromatic heterocycles. The Morgan fingerprint density at radius 2 is 1.65 bits per heavy atom. The third-order valence-corrected chi connectivity index (χ3v) is 12.3. The summed E-state index contributed by atoms with van der Waals surface area (Å²) in [5, 5.41) is 14.5. The monoisotopic (exact) mass is 627 g/mol. The van der Waals surface area contributed by atoms with Crippen molar-refractivity contribution >= 4 is 42.1 Å². The Bertz CT molecular complexity index is 1580. The lowest BCUT2D eigenvalue weighted by Gasteiger charge is -2.48. The first-order valence-electron chi connectivity index (χ1n) is 15.2. The molecule has 0 spiro atoms. The van der Waals surface area contributed by atoms with E-state index in [0.717, 1.165) is 57.4 Å². The molecule has 0 saturated carbocycles. The predicted octanol–water partition coefficient (Wildman–Crippen LogP) is 7.41. The maximum atomic E-state index is 15.4. The summed E-state index contributed by atoms with van der Waals surface area (Å²) in [6, 6.07) is 9.40. The second-order valence-electron chi connectivity index (χ2n) is 11.5. The standard InChI is InChI=1S/C31H39ClN5O5P/c1-4-23-12-6-10-18-35(23)43(42,36-19-11-7-13-24(36)5-2)33-31(39)28-21(3)29(34-17-9-8-14-26(28)34)30(38)22-15-16-25(32)27(20-22)37(40)41/h8-9,14-17,20,23-24H,4-7,10-13,18-19H2,1-3H3,(H,33,39,42)/t23-,24-/m0/s1. The van der Waals surface area contributed by atoms with Gasteiger partial charge in [0.15, 0.2) is 0 Å². The van der Waals surface area contributed by atoms with E-state index in [2.05, 4.69) is 28.3 Å². The average Bonchev–Trinajstić information content (AvgIpc) is 3.32. The van der Waals surface area contributed by atoms with E-state index in [1.165, 1.54) is 12.1 Å². The van der Waals surface area contributed by atoms with Gasteiger partial charge in [-0.3, -0.25) is 29.4 Å². The molecule has 0 bridgehead atoms. The van der Waals surface area contributed by atoms with Crippen LogP contribution in [0.4, 0.5) is 5.69 Å². The van der Waals surface area contributed by atoms with Gasteiger partial charge in [-0.25, -0.2) is 9.34 Å². The molecule has 2 aliphatic rings. The molecule has 43 heavy (non-hydrogen) atoms. The van der Waals surface area contributed by atoms with Crippen LogP contribution in [0.2, 0.25) is 5.02 Å². The molecule has 1 N–H and O–H groups in total. The zero-order valence-electron chi connectivity index (χ0n) is 24.9. The first kappa shape index (κ1) is 31.4. The van der Waals surface area contributed by atoms with Crippen LogP contribution in [0.5, 0.6) is 0 Å². The summed E-state index contributed by atoms with van der Waals surface area (Å²) in [5.74, 6) is -0.976. The van der Waals surface area contributed by atoms with Crippen LogP contribution in [0.25, 0.3) is 5.52 Å². The van der Waals surface area contributed by atoms with E-state index in [9.17, 15) is 19.7 Å². The second kappa shape index (κ2) is 12.9. The number of nitrogens with zero attached hydrogens (tertiary/aromatic N) is 4. The Hall–Kier alpha value is -3.04. The fourth-order valence-electron chi connectivity index (χ4n) is 6.81. The summed E-state index contributed by atoms with van der Waals surface area (Å²) in [7, 11) is -3.55. The molecule has 1 aromatic carbocycles. The molecule has 3 aromatic rings. The Morgan fingerprint density at radius 3 is 2.23 bits per heavy atom. The molecule has 0 unspecified atom stereocenters. The third-order valence-electron chi connectivity index (χ3n) is 9.01. The molecular formula is C31H39ClN5O5P. The van der Waals surface area contributed by atoms with Gasteiger partial charge in [-0.1, -0.05) is 44.4 Å². The van der Waals surface area contributed by atoms with Crippen LogP contribution >= 0.6 is 19.2 Å². The van der Waals surface area contributed by atoms with Gasteiger partial charge in [-0.2, -0.15) is 0 Å². The Balaban J connectivity index is 1.60. The van der Waals surface area contributed by atoms with Crippen LogP contribution in [-0.4, -0.2) is 55.5 Å². The Kier molecular flexibility index (Phi) is 9.42. The first-order chi connectivity index (χ1) is 20.6. The van der Waals surface area contributed by atoms with E-state index >= 15 is 4.57 Å². The molecule has 2 saturated heterocycles. The molecule has 0 aliphatic carbocycles. The molecule has 5 rings (SSSR count). The van der Waals surface area contributed by atoms with Gasteiger partial charge < -0.3 is 4.40 Å². The maximum Gasteiger partial charge on any atom is 0.311 e. The second-order valence-corrected chi connectivity index (χ2v) is 14.2. The zero-order chi connectivity index (χ0) is 30.9. The van der Waals surface area contributed by atoms with E-state index < -0.39 is 24.2 Å². The van der Waals surface area contributed by atoms with Crippen molar-refractivity contribution < 1.29 is 19.1 Å². The van der Waals surface area contributed by atoms with Gasteiger partial charge in [0.1, 0.15) is 5.02 Å². The number of nitro benzene ring substituents is 1. The highest BCUT2D eigenvalue weighted by molar-refractivity contribution is 7.57. The average molecular weight is 628 g/mol. The van der Waals surface area contributed by atoms with Gasteiger partial charge in [0.25, 0.3) is 11.6 Å². The van der Waals surface area contributed by atoms with Gasteiger partial charge in [0.2, 0.25) is 5.78 Å². The van der Waals surface area contributed by atoms with E-state index in [1.54, 1.807) is 35.7 Å². The number of nitro groups is 1. The Labute approximate surface area is 257 Å². The van der Waals surface area contributed by atoms with E-state index in [-0.39, 0.29) is 39.6 Å². The summed E-state index contributed by atoms with van der Waals surface area (Å²) < 4.78 is 21.1. The minimum absolute atomic E-state index is 0.0692. The van der Waals surface area contributed by atoms with E-state index in [1.807, 2.05) is 0 Å². The van der Waals surface area contributed by atoms with Crippen molar-refractivity contribution in [2.75, 3.05) is 13.1 Å². The summed E-state index contributed by atoms with van der Waals surface area (Å²) >= 11 is 6.00. The highest BCUT2D eigenvalue weighted by Gasteiger charge is 2.46. The smallest absolute Gasteiger partial charge is 0.311 e. The molecule has 10 nitrogen and oxygen atoms in total. The molecule has 2 aliphatic heterocycles. The zero-order valence-corrected chi connectivity index (χ0v) is 26.6. The fourth-order valence-corrected chi connectivity index (χ4v) is 10.2. The van der Waals surface area contributed by atoms with Crippen molar-refractivity contribution in [2.24, 2.45) is 0 Å². The fraction of sp³-hybridized carbons (Fsp3) is 0.484. The molecule has 2 atom stereocenters. The number of amides is 1. The maximum absolute atomic E-state index is 15.4. The van der Waals surface area contributed by atoms with Crippen molar-refractivity contribution in [1.82, 2.24) is 18.8 Å². The van der Waals surface area contributed by atoms with Crippen LogP contribution in [0.15, 0.2) is 42.6 Å². The molecule has 12 heteroatoms. The highest BCUT2D eigenvalue weighted by Crippen LogP contribution is 2.56. The number of fused-ring (bicyclic) bond motifs is 1. The lowest BCUT2D eigenvalue weighted by atomic mass is 10.0. The summed E-state index contributed by atoms with van der Waals surface area (Å²) in [6.45, 7) is 7.20. The molecule has 1 amide bonds. The lowest BCUT2D eigenvalue weighted by Crippen LogP contribution is -2.50. The topological polar surface area (TPSA) is 117 Å². The molecule has 4 heterocycles. The molecular weight excluding hydrogens is 589 g/mol. The summed E-state index contributed by atoms with van der Waals surface area (Å²) in [5.41, 5.74) is 1.09. The van der Waals surface area contributed by atoms with Crippen LogP contribution < -0.4 is 5.09 Å².